The summed E-state index contributed by atoms with van der Waals surface area (Å²) < 4.78 is 54.3. The molecule has 3 atom stereocenters. The Labute approximate surface area is 304 Å². The third kappa shape index (κ3) is 6.31. The zero-order valence-electron chi connectivity index (χ0n) is 29.5. The predicted octanol–water partition coefficient (Wildman–Crippen LogP) is 6.55. The molecular weight excluding hydrogens is 692 g/mol. The fourth-order valence-electron chi connectivity index (χ4n) is 7.85. The Morgan fingerprint density at radius 1 is 0.980 bits per heavy atom. The summed E-state index contributed by atoms with van der Waals surface area (Å²) in [5.41, 5.74) is -0.209. The number of hydrogen-bond donors (Lipinski definition) is 0. The summed E-state index contributed by atoms with van der Waals surface area (Å²) in [6.45, 7) is 8.80. The second kappa shape index (κ2) is 13.6. The molecule has 4 heterocycles. The molecule has 0 bridgehead atoms. The Hall–Kier alpha value is -3.94. The van der Waals surface area contributed by atoms with E-state index in [0.29, 0.717) is 46.5 Å². The second-order valence-electron chi connectivity index (χ2n) is 14.3. The van der Waals surface area contributed by atoms with Crippen molar-refractivity contribution in [2.45, 2.75) is 74.8 Å². The Balaban J connectivity index is 1.51. The van der Waals surface area contributed by atoms with Crippen LogP contribution in [0, 0.1) is 0 Å². The summed E-state index contributed by atoms with van der Waals surface area (Å²) in [6.07, 6.45) is 5.38. The van der Waals surface area contributed by atoms with Crippen molar-refractivity contribution in [2.24, 2.45) is 0 Å². The minimum atomic E-state index is -4.47. The Bertz CT molecular complexity index is 2010. The van der Waals surface area contributed by atoms with Crippen LogP contribution in [-0.4, -0.2) is 74.7 Å². The van der Waals surface area contributed by atoms with E-state index in [4.69, 9.17) is 30.2 Å². The lowest BCUT2D eigenvalue weighted by Crippen LogP contribution is -2.55. The Morgan fingerprint density at radius 2 is 1.73 bits per heavy atom. The molecule has 11 nitrogen and oxygen atoms in total. The lowest BCUT2D eigenvalue weighted by Gasteiger charge is -2.41. The number of carbonyl (C=O) groups excluding carboxylic acids is 1. The Morgan fingerprint density at radius 3 is 2.37 bits per heavy atom. The topological polar surface area (TPSA) is 115 Å². The van der Waals surface area contributed by atoms with Crippen LogP contribution in [0.4, 0.5) is 5.69 Å². The van der Waals surface area contributed by atoms with Gasteiger partial charge < -0.3 is 18.6 Å². The second-order valence-corrected chi connectivity index (χ2v) is 16.5. The summed E-state index contributed by atoms with van der Waals surface area (Å²) in [6, 6.07) is 16.1. The number of ether oxygens (including phenoxy) is 3. The number of rotatable bonds is 10. The molecule has 4 aromatic rings. The number of halogens is 1. The van der Waals surface area contributed by atoms with Crippen molar-refractivity contribution in [3.63, 3.8) is 0 Å². The summed E-state index contributed by atoms with van der Waals surface area (Å²) in [5, 5.41) is 0.344. The van der Waals surface area contributed by atoms with Crippen molar-refractivity contribution in [3.05, 3.63) is 101 Å². The van der Waals surface area contributed by atoms with E-state index < -0.39 is 33.1 Å². The van der Waals surface area contributed by atoms with Crippen molar-refractivity contribution in [3.8, 4) is 11.5 Å². The molecule has 3 aromatic carbocycles. The molecule has 0 radical (unpaired) electrons. The van der Waals surface area contributed by atoms with Crippen molar-refractivity contribution in [2.75, 3.05) is 38.2 Å². The van der Waals surface area contributed by atoms with Gasteiger partial charge in [0.2, 0.25) is 5.89 Å². The first-order valence-electron chi connectivity index (χ1n) is 17.1. The molecule has 0 saturated carbocycles. The minimum Gasteiger partial charge on any atom is -0.497 e. The van der Waals surface area contributed by atoms with E-state index in [-0.39, 0.29) is 23.2 Å². The molecule has 51 heavy (non-hydrogen) atoms. The van der Waals surface area contributed by atoms with Gasteiger partial charge in [-0.2, -0.15) is 0 Å². The number of oxazole rings is 1. The van der Waals surface area contributed by atoms with Gasteiger partial charge in [-0.25, -0.2) is 17.7 Å². The van der Waals surface area contributed by atoms with Gasteiger partial charge in [-0.1, -0.05) is 17.7 Å². The molecule has 1 aromatic heterocycles. The van der Waals surface area contributed by atoms with E-state index in [0.717, 1.165) is 35.8 Å². The smallest absolute Gasteiger partial charge is 0.271 e. The number of nitrogens with zero attached hydrogens (tertiary/aromatic N) is 4. The van der Waals surface area contributed by atoms with Gasteiger partial charge in [-0.05, 0) is 113 Å². The molecule has 0 spiro atoms. The highest BCUT2D eigenvalue weighted by atomic mass is 35.5. The average Bonchev–Trinajstić information content (AvgIpc) is 3.91. The first-order chi connectivity index (χ1) is 24.4. The highest BCUT2D eigenvalue weighted by Crippen LogP contribution is 2.57. The normalized spacial score (nSPS) is 22.9. The number of fused-ring (bicyclic) bond motifs is 1. The quantitative estimate of drug-likeness (QED) is 0.178. The zero-order chi connectivity index (χ0) is 36.1. The van der Waals surface area contributed by atoms with Crippen LogP contribution < -0.4 is 13.8 Å². The van der Waals surface area contributed by atoms with Gasteiger partial charge in [-0.3, -0.25) is 14.6 Å². The maximum Gasteiger partial charge on any atom is 0.271 e. The summed E-state index contributed by atoms with van der Waals surface area (Å²) in [4.78, 5) is 24.7. The SMILES string of the molecule is COc1ccc(S(=O)(=O)N2C(=O)C(c3cc(CN4CCCC4)ccc3OC)(N3CC(OC(C)(C)C)CC3c3ncco3)c3cc(Cl)ccc32)cc1. The maximum absolute atomic E-state index is 15.8. The van der Waals surface area contributed by atoms with Crippen LogP contribution in [0.3, 0.4) is 0 Å². The fourth-order valence-corrected chi connectivity index (χ4v) is 9.48. The van der Waals surface area contributed by atoms with Gasteiger partial charge in [-0.15, -0.1) is 0 Å². The number of aromatic nitrogens is 1. The molecular formula is C38H43ClN4O7S. The number of hydrogen-bond acceptors (Lipinski definition) is 10. The molecule has 13 heteroatoms. The monoisotopic (exact) mass is 734 g/mol. The van der Waals surface area contributed by atoms with Gasteiger partial charge >= 0.3 is 0 Å². The first-order valence-corrected chi connectivity index (χ1v) is 19.0. The summed E-state index contributed by atoms with van der Waals surface area (Å²) >= 11 is 6.77. The van der Waals surface area contributed by atoms with Crippen LogP contribution >= 0.6 is 11.6 Å². The number of benzene rings is 3. The molecule has 7 rings (SSSR count). The van der Waals surface area contributed by atoms with E-state index in [2.05, 4.69) is 9.88 Å². The molecule has 3 unspecified atom stereocenters. The highest BCUT2D eigenvalue weighted by molar-refractivity contribution is 7.93. The summed E-state index contributed by atoms with van der Waals surface area (Å²) in [7, 11) is -1.41. The number of anilines is 1. The fraction of sp³-hybridized carbons (Fsp3) is 0.421. The average molecular weight is 735 g/mol. The largest absolute Gasteiger partial charge is 0.497 e. The van der Waals surface area contributed by atoms with Crippen LogP contribution in [0.5, 0.6) is 11.5 Å². The lowest BCUT2D eigenvalue weighted by atomic mass is 9.80. The number of methoxy groups -OCH3 is 2. The molecule has 0 aliphatic carbocycles. The molecule has 3 aliphatic rings. The van der Waals surface area contributed by atoms with E-state index in [1.807, 2.05) is 43.9 Å². The van der Waals surface area contributed by atoms with Crippen molar-refractivity contribution in [1.29, 1.82) is 0 Å². The van der Waals surface area contributed by atoms with Crippen LogP contribution in [0.15, 0.2) is 82.4 Å². The highest BCUT2D eigenvalue weighted by Gasteiger charge is 2.64. The number of amides is 1. The van der Waals surface area contributed by atoms with Crippen LogP contribution in [0.1, 0.15) is 68.7 Å². The molecule has 1 amide bonds. The van der Waals surface area contributed by atoms with Crippen LogP contribution in [0.2, 0.25) is 5.02 Å². The summed E-state index contributed by atoms with van der Waals surface area (Å²) in [5.74, 6) is 0.600. The third-order valence-electron chi connectivity index (χ3n) is 9.87. The standard InChI is InChI=1S/C38H43ClN4O7S/c1-37(2,3)50-28-22-33(35-40-16-19-49-35)42(24-28)38(31-20-25(8-15-34(31)48-5)23-41-17-6-7-18-41)30-21-26(39)9-14-32(30)43(36(38)44)51(45,46)29-12-10-27(47-4)11-13-29/h8-16,19-21,28,33H,6-7,17-18,22-24H2,1-5H3. The van der Waals surface area contributed by atoms with Crippen molar-refractivity contribution in [1.82, 2.24) is 14.8 Å². The van der Waals surface area contributed by atoms with Crippen molar-refractivity contribution < 1.29 is 31.8 Å². The van der Waals surface area contributed by atoms with E-state index in [9.17, 15) is 8.42 Å². The van der Waals surface area contributed by atoms with E-state index in [1.54, 1.807) is 43.6 Å². The maximum atomic E-state index is 15.8. The third-order valence-corrected chi connectivity index (χ3v) is 11.8. The molecule has 2 fully saturated rings. The van der Waals surface area contributed by atoms with E-state index in [1.165, 1.54) is 25.5 Å². The van der Waals surface area contributed by atoms with Gasteiger partial charge in [0.1, 0.15) is 17.8 Å². The lowest BCUT2D eigenvalue weighted by molar-refractivity contribution is -0.128. The van der Waals surface area contributed by atoms with Crippen LogP contribution in [-0.2, 0) is 31.6 Å². The molecule has 270 valence electrons. The molecule has 2 saturated heterocycles. The first kappa shape index (κ1) is 35.5. The predicted molar refractivity (Wildman–Crippen MR) is 193 cm³/mol. The zero-order valence-corrected chi connectivity index (χ0v) is 31.0. The van der Waals surface area contributed by atoms with Crippen LogP contribution in [0.25, 0.3) is 0 Å². The molecule has 0 N–H and O–H groups in total. The number of sulfonamides is 1. The van der Waals surface area contributed by atoms with Gasteiger partial charge in [0.05, 0.1) is 48.7 Å². The minimum absolute atomic E-state index is 0.0669. The number of likely N-dealkylation sites (tertiary alicyclic amines) is 2. The van der Waals surface area contributed by atoms with Gasteiger partial charge in [0.15, 0.2) is 5.54 Å². The number of carbonyl (C=O) groups is 1. The van der Waals surface area contributed by atoms with Gasteiger partial charge in [0, 0.05) is 29.2 Å². The van der Waals surface area contributed by atoms with Crippen molar-refractivity contribution >= 4 is 33.2 Å². The van der Waals surface area contributed by atoms with E-state index >= 15 is 4.79 Å². The Kier molecular flexibility index (Phi) is 9.43. The van der Waals surface area contributed by atoms with Gasteiger partial charge in [0.25, 0.3) is 15.9 Å². The molecule has 3 aliphatic heterocycles.